The van der Waals surface area contributed by atoms with Crippen molar-refractivity contribution in [2.24, 2.45) is 0 Å². The third-order valence-electron chi connectivity index (χ3n) is 7.79. The third-order valence-corrected chi connectivity index (χ3v) is 8.79. The number of benzene rings is 4. The Kier molecular flexibility index (Phi) is 8.67. The van der Waals surface area contributed by atoms with Gasteiger partial charge in [-0.2, -0.15) is 0 Å². The number of carbonyl (C=O) groups excluding carboxylic acids is 2. The molecule has 5 aromatic rings. The molecular formula is C37H34N2O5S. The maximum absolute atomic E-state index is 13.8. The topological polar surface area (TPSA) is 89.0 Å². The predicted molar refractivity (Wildman–Crippen MR) is 178 cm³/mol. The first-order valence-corrected chi connectivity index (χ1v) is 15.8. The Bertz CT molecular complexity index is 1900. The van der Waals surface area contributed by atoms with Crippen LogP contribution in [0, 0.1) is 13.8 Å². The molecule has 1 aliphatic heterocycles. The first kappa shape index (κ1) is 30.1. The molecule has 45 heavy (non-hydrogen) atoms. The summed E-state index contributed by atoms with van der Waals surface area (Å²) in [4.78, 5) is 33.8. The smallest absolute Gasteiger partial charge is 0.301 e. The van der Waals surface area contributed by atoms with E-state index in [1.807, 2.05) is 86.6 Å². The van der Waals surface area contributed by atoms with Crippen molar-refractivity contribution in [1.82, 2.24) is 4.98 Å². The van der Waals surface area contributed by atoms with Crippen LogP contribution >= 0.6 is 11.3 Å². The van der Waals surface area contributed by atoms with Crippen molar-refractivity contribution in [3.8, 4) is 11.5 Å². The van der Waals surface area contributed by atoms with Crippen molar-refractivity contribution in [1.29, 1.82) is 0 Å². The van der Waals surface area contributed by atoms with E-state index in [1.165, 1.54) is 16.2 Å². The lowest BCUT2D eigenvalue weighted by molar-refractivity contribution is -0.132. The summed E-state index contributed by atoms with van der Waals surface area (Å²) in [6.07, 6.45) is 1.89. The lowest BCUT2D eigenvalue weighted by atomic mass is 9.95. The van der Waals surface area contributed by atoms with Crippen LogP contribution in [0.2, 0.25) is 0 Å². The number of fused-ring (bicyclic) bond motifs is 1. The molecule has 1 atom stereocenters. The van der Waals surface area contributed by atoms with Crippen LogP contribution < -0.4 is 14.4 Å². The Hall–Kier alpha value is -4.95. The number of unbranched alkanes of at least 4 members (excludes halogenated alkanes) is 1. The van der Waals surface area contributed by atoms with Gasteiger partial charge < -0.3 is 14.6 Å². The Morgan fingerprint density at radius 1 is 0.911 bits per heavy atom. The second kappa shape index (κ2) is 13.0. The van der Waals surface area contributed by atoms with Gasteiger partial charge in [0, 0.05) is 5.56 Å². The molecule has 0 aliphatic carbocycles. The number of carbonyl (C=O) groups is 2. The molecular weight excluding hydrogens is 584 g/mol. The Morgan fingerprint density at radius 2 is 1.69 bits per heavy atom. The fraction of sp³-hybridized carbons (Fsp3) is 0.216. The molecule has 1 unspecified atom stereocenters. The number of hydrogen-bond donors (Lipinski definition) is 1. The maximum atomic E-state index is 13.8. The third kappa shape index (κ3) is 6.19. The molecule has 0 saturated carbocycles. The zero-order valence-corrected chi connectivity index (χ0v) is 26.3. The average Bonchev–Trinajstić information content (AvgIpc) is 3.59. The van der Waals surface area contributed by atoms with Gasteiger partial charge in [-0.25, -0.2) is 4.98 Å². The quantitative estimate of drug-likeness (QED) is 0.0733. The SMILES string of the molecule is CCCCOc1cccc(/C(O)=C2\C(=O)C(=O)N(c3nc4c(C)cc(C)cc4s3)C2c2ccc(OCc3ccccc3)cc2)c1. The highest BCUT2D eigenvalue weighted by atomic mass is 32.1. The van der Waals surface area contributed by atoms with Gasteiger partial charge in [-0.3, -0.25) is 14.5 Å². The molecule has 228 valence electrons. The van der Waals surface area contributed by atoms with Gasteiger partial charge in [0.1, 0.15) is 23.9 Å². The zero-order valence-electron chi connectivity index (χ0n) is 25.4. The first-order valence-electron chi connectivity index (χ1n) is 15.0. The largest absolute Gasteiger partial charge is 0.507 e. The fourth-order valence-electron chi connectivity index (χ4n) is 5.52. The van der Waals surface area contributed by atoms with Gasteiger partial charge in [0.15, 0.2) is 5.13 Å². The van der Waals surface area contributed by atoms with Gasteiger partial charge in [0.2, 0.25) is 0 Å². The summed E-state index contributed by atoms with van der Waals surface area (Å²) < 4.78 is 12.8. The number of hydrogen-bond acceptors (Lipinski definition) is 7. The number of ketones is 1. The number of aliphatic hydroxyl groups excluding tert-OH is 1. The minimum Gasteiger partial charge on any atom is -0.507 e. The standard InChI is InChI=1S/C37H34N2O5S/c1-4-5-18-43-29-13-9-12-27(21-29)34(40)31-33(26-14-16-28(17-15-26)44-22-25-10-7-6-8-11-25)39(36(42)35(31)41)37-38-32-24(3)19-23(2)20-30(32)45-37/h6-17,19-21,33,40H,4-5,18,22H2,1-3H3/b34-31+. The van der Waals surface area contributed by atoms with Gasteiger partial charge in [0.05, 0.1) is 28.4 Å². The van der Waals surface area contributed by atoms with E-state index in [0.29, 0.717) is 41.0 Å². The molecule has 1 saturated heterocycles. The zero-order chi connectivity index (χ0) is 31.5. The number of amides is 1. The number of nitrogens with zero attached hydrogens (tertiary/aromatic N) is 2. The first-order chi connectivity index (χ1) is 21.8. The van der Waals surface area contributed by atoms with Crippen molar-refractivity contribution < 1.29 is 24.2 Å². The number of ether oxygens (including phenoxy) is 2. The molecule has 0 radical (unpaired) electrons. The summed E-state index contributed by atoms with van der Waals surface area (Å²) >= 11 is 1.35. The minimum atomic E-state index is -0.903. The van der Waals surface area contributed by atoms with E-state index in [9.17, 15) is 14.7 Å². The van der Waals surface area contributed by atoms with E-state index in [-0.39, 0.29) is 11.3 Å². The Labute approximate surface area is 266 Å². The van der Waals surface area contributed by atoms with E-state index in [4.69, 9.17) is 14.5 Å². The van der Waals surface area contributed by atoms with Crippen molar-refractivity contribution >= 4 is 44.1 Å². The summed E-state index contributed by atoms with van der Waals surface area (Å²) in [5, 5.41) is 12.1. The molecule has 4 aromatic carbocycles. The van der Waals surface area contributed by atoms with Crippen molar-refractivity contribution in [2.45, 2.75) is 46.3 Å². The highest BCUT2D eigenvalue weighted by Gasteiger charge is 2.48. The lowest BCUT2D eigenvalue weighted by Crippen LogP contribution is -2.29. The second-order valence-electron chi connectivity index (χ2n) is 11.2. The average molecular weight is 619 g/mol. The van der Waals surface area contributed by atoms with Crippen LogP contribution in [0.4, 0.5) is 5.13 Å². The number of rotatable bonds is 10. The summed E-state index contributed by atoms with van der Waals surface area (Å²) in [6.45, 7) is 7.02. The van der Waals surface area contributed by atoms with Crippen LogP contribution in [-0.4, -0.2) is 28.4 Å². The molecule has 1 aliphatic rings. The summed E-state index contributed by atoms with van der Waals surface area (Å²) in [6, 6.07) is 27.3. The van der Waals surface area contributed by atoms with Crippen LogP contribution in [0.1, 0.15) is 53.6 Å². The van der Waals surface area contributed by atoms with Crippen molar-refractivity contribution in [3.63, 3.8) is 0 Å². The van der Waals surface area contributed by atoms with E-state index in [2.05, 4.69) is 6.92 Å². The molecule has 0 bridgehead atoms. The van der Waals surface area contributed by atoms with Crippen LogP contribution in [-0.2, 0) is 16.2 Å². The molecule has 1 fully saturated rings. The van der Waals surface area contributed by atoms with Gasteiger partial charge in [-0.15, -0.1) is 0 Å². The van der Waals surface area contributed by atoms with Crippen LogP contribution in [0.15, 0.2) is 96.6 Å². The van der Waals surface area contributed by atoms with Crippen LogP contribution in [0.5, 0.6) is 11.5 Å². The molecule has 0 spiro atoms. The lowest BCUT2D eigenvalue weighted by Gasteiger charge is -2.23. The number of aliphatic hydroxyl groups is 1. The van der Waals surface area contributed by atoms with E-state index >= 15 is 0 Å². The molecule has 6 rings (SSSR count). The van der Waals surface area contributed by atoms with E-state index < -0.39 is 17.7 Å². The van der Waals surface area contributed by atoms with Gasteiger partial charge in [0.25, 0.3) is 5.78 Å². The Morgan fingerprint density at radius 3 is 2.44 bits per heavy atom. The normalized spacial score (nSPS) is 16.0. The van der Waals surface area contributed by atoms with Gasteiger partial charge in [-0.05, 0) is 72.9 Å². The molecule has 1 aromatic heterocycles. The highest BCUT2D eigenvalue weighted by Crippen LogP contribution is 2.45. The monoisotopic (exact) mass is 618 g/mol. The maximum Gasteiger partial charge on any atom is 0.301 e. The number of thiazole rings is 1. The number of anilines is 1. The van der Waals surface area contributed by atoms with E-state index in [0.717, 1.165) is 39.7 Å². The highest BCUT2D eigenvalue weighted by molar-refractivity contribution is 7.22. The van der Waals surface area contributed by atoms with Gasteiger partial charge >= 0.3 is 5.91 Å². The molecule has 2 heterocycles. The molecule has 1 N–H and O–H groups in total. The summed E-state index contributed by atoms with van der Waals surface area (Å²) in [7, 11) is 0. The number of Topliss-reactive ketones (excluding diaryl/α,β-unsaturated/α-hetero) is 1. The predicted octanol–water partition coefficient (Wildman–Crippen LogP) is 8.30. The molecule has 1 amide bonds. The molecule has 8 heteroatoms. The van der Waals surface area contributed by atoms with E-state index in [1.54, 1.807) is 18.2 Å². The van der Waals surface area contributed by atoms with Crippen molar-refractivity contribution in [2.75, 3.05) is 11.5 Å². The second-order valence-corrected chi connectivity index (χ2v) is 12.2. The molecule has 7 nitrogen and oxygen atoms in total. The van der Waals surface area contributed by atoms with Crippen LogP contribution in [0.3, 0.4) is 0 Å². The summed E-state index contributed by atoms with van der Waals surface area (Å²) in [5.41, 5.74) is 4.92. The number of aromatic nitrogens is 1. The van der Waals surface area contributed by atoms with Crippen molar-refractivity contribution in [3.05, 3.63) is 124 Å². The fourth-order valence-corrected chi connectivity index (χ4v) is 6.69. The summed E-state index contributed by atoms with van der Waals surface area (Å²) in [5.74, 6) is -0.557. The van der Waals surface area contributed by atoms with Crippen LogP contribution in [0.25, 0.3) is 16.0 Å². The minimum absolute atomic E-state index is 0.00387. The number of aryl methyl sites for hydroxylation is 2. The Balaban J connectivity index is 1.42. The van der Waals surface area contributed by atoms with Gasteiger partial charge in [-0.1, -0.05) is 85.3 Å².